The summed E-state index contributed by atoms with van der Waals surface area (Å²) >= 11 is 0. The van der Waals surface area contributed by atoms with Gasteiger partial charge in [0, 0.05) is 31.9 Å². The number of hydrogen-bond acceptors (Lipinski definition) is 2. The minimum absolute atomic E-state index is 0. The van der Waals surface area contributed by atoms with Crippen molar-refractivity contribution in [3.63, 3.8) is 0 Å². The van der Waals surface area contributed by atoms with Gasteiger partial charge in [0.1, 0.15) is 5.69 Å². The molecule has 2 heterocycles. The van der Waals surface area contributed by atoms with Crippen LogP contribution in [0.15, 0.2) is 12.1 Å². The first-order valence-corrected chi connectivity index (χ1v) is 5.77. The molecule has 1 saturated heterocycles. The Balaban J connectivity index is 0.00000144. The highest BCUT2D eigenvalue weighted by molar-refractivity contribution is 5.93. The second-order valence-corrected chi connectivity index (χ2v) is 4.57. The number of piperidine rings is 1. The lowest BCUT2D eigenvalue weighted by Gasteiger charge is -2.30. The molecule has 2 N–H and O–H groups in total. The molecule has 1 atom stereocenters. The third kappa shape index (κ3) is 2.82. The van der Waals surface area contributed by atoms with Crippen LogP contribution in [-0.2, 0) is 7.05 Å². The summed E-state index contributed by atoms with van der Waals surface area (Å²) in [6.45, 7) is 3.51. The zero-order valence-electron chi connectivity index (χ0n) is 10.3. The number of amides is 1. The number of rotatable bonds is 1. The molecule has 1 aromatic rings. The van der Waals surface area contributed by atoms with E-state index in [0.29, 0.717) is 6.54 Å². The minimum atomic E-state index is 0. The number of nitrogens with zero attached hydrogens (tertiary/aromatic N) is 2. The van der Waals surface area contributed by atoms with Gasteiger partial charge in [-0.3, -0.25) is 4.79 Å². The van der Waals surface area contributed by atoms with Gasteiger partial charge in [-0.1, -0.05) is 0 Å². The van der Waals surface area contributed by atoms with Crippen LogP contribution in [0.5, 0.6) is 0 Å². The summed E-state index contributed by atoms with van der Waals surface area (Å²) in [6, 6.07) is 3.99. The van der Waals surface area contributed by atoms with Gasteiger partial charge in [-0.15, -0.1) is 12.4 Å². The maximum absolute atomic E-state index is 12.2. The number of halogens is 1. The number of aromatic nitrogens is 1. The molecule has 1 amide bonds. The van der Waals surface area contributed by atoms with E-state index in [-0.39, 0.29) is 24.4 Å². The predicted octanol–water partition coefficient (Wildman–Crippen LogP) is 1.32. The smallest absolute Gasteiger partial charge is 0.270 e. The van der Waals surface area contributed by atoms with Gasteiger partial charge in [-0.2, -0.15) is 0 Å². The van der Waals surface area contributed by atoms with Crippen LogP contribution >= 0.6 is 12.4 Å². The first-order valence-electron chi connectivity index (χ1n) is 5.77. The van der Waals surface area contributed by atoms with Crippen molar-refractivity contribution in [3.05, 3.63) is 23.5 Å². The molecule has 0 saturated carbocycles. The first-order chi connectivity index (χ1) is 7.59. The zero-order valence-corrected chi connectivity index (χ0v) is 11.2. The van der Waals surface area contributed by atoms with Gasteiger partial charge in [0.15, 0.2) is 0 Å². The van der Waals surface area contributed by atoms with Crippen molar-refractivity contribution in [2.45, 2.75) is 25.8 Å². The van der Waals surface area contributed by atoms with Gasteiger partial charge in [0.25, 0.3) is 5.91 Å². The first kappa shape index (κ1) is 14.1. The molecule has 1 aliphatic rings. The minimum Gasteiger partial charge on any atom is -0.344 e. The van der Waals surface area contributed by atoms with Crippen LogP contribution in [0.2, 0.25) is 0 Å². The van der Waals surface area contributed by atoms with Gasteiger partial charge in [-0.05, 0) is 31.9 Å². The van der Waals surface area contributed by atoms with E-state index < -0.39 is 0 Å². The predicted molar refractivity (Wildman–Crippen MR) is 70.5 cm³/mol. The number of nitrogens with two attached hydrogens (primary N) is 1. The van der Waals surface area contributed by atoms with Crippen molar-refractivity contribution in [1.82, 2.24) is 9.47 Å². The molecule has 0 radical (unpaired) electrons. The Labute approximate surface area is 108 Å². The van der Waals surface area contributed by atoms with Gasteiger partial charge in [-0.25, -0.2) is 0 Å². The molecule has 0 aliphatic carbocycles. The van der Waals surface area contributed by atoms with Crippen LogP contribution in [0.25, 0.3) is 0 Å². The quantitative estimate of drug-likeness (QED) is 0.825. The molecule has 5 heteroatoms. The van der Waals surface area contributed by atoms with Gasteiger partial charge in [0.05, 0.1) is 0 Å². The molecule has 0 unspecified atom stereocenters. The Morgan fingerprint density at radius 3 is 2.71 bits per heavy atom. The summed E-state index contributed by atoms with van der Waals surface area (Å²) in [7, 11) is 1.92. The Morgan fingerprint density at radius 2 is 2.18 bits per heavy atom. The zero-order chi connectivity index (χ0) is 11.7. The van der Waals surface area contributed by atoms with E-state index in [2.05, 4.69) is 0 Å². The molecular formula is C12H20ClN3O. The van der Waals surface area contributed by atoms with E-state index in [0.717, 1.165) is 30.8 Å². The fourth-order valence-corrected chi connectivity index (χ4v) is 2.18. The molecule has 0 bridgehead atoms. The molecule has 0 aromatic carbocycles. The van der Waals surface area contributed by atoms with E-state index >= 15 is 0 Å². The van der Waals surface area contributed by atoms with E-state index in [4.69, 9.17) is 5.73 Å². The van der Waals surface area contributed by atoms with Crippen LogP contribution in [0, 0.1) is 6.92 Å². The van der Waals surface area contributed by atoms with Gasteiger partial charge >= 0.3 is 0 Å². The molecule has 1 aromatic heterocycles. The Morgan fingerprint density at radius 1 is 1.47 bits per heavy atom. The molecule has 4 nitrogen and oxygen atoms in total. The maximum atomic E-state index is 12.2. The highest BCUT2D eigenvalue weighted by Crippen LogP contribution is 2.14. The third-order valence-electron chi connectivity index (χ3n) is 3.34. The summed E-state index contributed by atoms with van der Waals surface area (Å²) in [5, 5.41) is 0. The summed E-state index contributed by atoms with van der Waals surface area (Å²) in [6.07, 6.45) is 2.03. The molecule has 2 rings (SSSR count). The monoisotopic (exact) mass is 257 g/mol. The number of carbonyl (C=O) groups excluding carboxylic acids is 1. The van der Waals surface area contributed by atoms with Crippen molar-refractivity contribution < 1.29 is 4.79 Å². The lowest BCUT2D eigenvalue weighted by Crippen LogP contribution is -2.46. The molecule has 0 spiro atoms. The third-order valence-corrected chi connectivity index (χ3v) is 3.34. The summed E-state index contributed by atoms with van der Waals surface area (Å²) in [4.78, 5) is 14.1. The Hall–Kier alpha value is -1.00. The summed E-state index contributed by atoms with van der Waals surface area (Å²) < 4.78 is 1.93. The molecule has 96 valence electrons. The van der Waals surface area contributed by atoms with Crippen molar-refractivity contribution in [2.75, 3.05) is 13.1 Å². The second kappa shape index (κ2) is 5.56. The Kier molecular flexibility index (Phi) is 4.60. The van der Waals surface area contributed by atoms with Gasteiger partial charge in [0.2, 0.25) is 0 Å². The lowest BCUT2D eigenvalue weighted by molar-refractivity contribution is 0.0699. The summed E-state index contributed by atoms with van der Waals surface area (Å²) in [5.41, 5.74) is 7.74. The second-order valence-electron chi connectivity index (χ2n) is 4.57. The van der Waals surface area contributed by atoms with E-state index in [1.165, 1.54) is 0 Å². The van der Waals surface area contributed by atoms with Crippen LogP contribution in [0.4, 0.5) is 0 Å². The van der Waals surface area contributed by atoms with Crippen molar-refractivity contribution in [2.24, 2.45) is 12.8 Å². The standard InChI is InChI=1S/C12H19N3O.ClH/c1-9-5-6-11(14(9)2)12(16)15-7-3-4-10(13)8-15;/h5-6,10H,3-4,7-8,13H2,1-2H3;1H/t10-;/m1./s1. The van der Waals surface area contributed by atoms with Gasteiger partial charge < -0.3 is 15.2 Å². The maximum Gasteiger partial charge on any atom is 0.270 e. The highest BCUT2D eigenvalue weighted by Gasteiger charge is 2.23. The van der Waals surface area contributed by atoms with Crippen LogP contribution in [-0.4, -0.2) is 34.5 Å². The van der Waals surface area contributed by atoms with Crippen molar-refractivity contribution >= 4 is 18.3 Å². The molecular weight excluding hydrogens is 238 g/mol. The SMILES string of the molecule is Cc1ccc(C(=O)N2CCC[C@@H](N)C2)n1C.Cl. The van der Waals surface area contributed by atoms with Crippen LogP contribution < -0.4 is 5.73 Å². The average molecular weight is 258 g/mol. The van der Waals surface area contributed by atoms with Crippen LogP contribution in [0.3, 0.4) is 0 Å². The fourth-order valence-electron chi connectivity index (χ4n) is 2.18. The largest absolute Gasteiger partial charge is 0.344 e. The van der Waals surface area contributed by atoms with E-state index in [9.17, 15) is 4.79 Å². The van der Waals surface area contributed by atoms with E-state index in [1.54, 1.807) is 0 Å². The number of hydrogen-bond donors (Lipinski definition) is 1. The number of likely N-dealkylation sites (tertiary alicyclic amines) is 1. The average Bonchev–Trinajstić information content (AvgIpc) is 2.59. The number of aryl methyl sites for hydroxylation is 1. The van der Waals surface area contributed by atoms with E-state index in [1.807, 2.05) is 35.6 Å². The highest BCUT2D eigenvalue weighted by atomic mass is 35.5. The van der Waals surface area contributed by atoms with Crippen molar-refractivity contribution in [1.29, 1.82) is 0 Å². The Bertz CT molecular complexity index is 402. The normalized spacial score (nSPS) is 19.9. The molecule has 17 heavy (non-hydrogen) atoms. The topological polar surface area (TPSA) is 51.3 Å². The van der Waals surface area contributed by atoms with Crippen molar-refractivity contribution in [3.8, 4) is 0 Å². The number of carbonyl (C=O) groups is 1. The fraction of sp³-hybridized carbons (Fsp3) is 0.583. The molecule has 1 fully saturated rings. The summed E-state index contributed by atoms with van der Waals surface area (Å²) in [5.74, 6) is 0.103. The van der Waals surface area contributed by atoms with Crippen LogP contribution in [0.1, 0.15) is 29.0 Å². The lowest BCUT2D eigenvalue weighted by atomic mass is 10.1. The molecule has 1 aliphatic heterocycles.